The molecule has 0 spiro atoms. The molecule has 0 N–H and O–H groups in total. The number of ether oxygens (including phenoxy) is 1. The Morgan fingerprint density at radius 3 is 2.07 bits per heavy atom. The predicted octanol–water partition coefficient (Wildman–Crippen LogP) is 6.41. The van der Waals surface area contributed by atoms with Gasteiger partial charge in [-0.2, -0.15) is 0 Å². The van der Waals surface area contributed by atoms with Gasteiger partial charge in [-0.3, -0.25) is 0 Å². The Morgan fingerprint density at radius 2 is 1.43 bits per heavy atom. The number of halogens is 4. The summed E-state index contributed by atoms with van der Waals surface area (Å²) >= 11 is 0. The van der Waals surface area contributed by atoms with Gasteiger partial charge in [0.15, 0.2) is 11.6 Å². The largest absolute Gasteiger partial charge is 0.494 e. The van der Waals surface area contributed by atoms with Gasteiger partial charge in [-0.05, 0) is 77.6 Å². The molecule has 142 valence electrons. The SMILES string of the molecule is CCOc1ccc(-c2cc(F)c(C3=Cc4cc(F)c(F)cc4C3)c(F)c2)cc1. The highest BCUT2D eigenvalue weighted by Gasteiger charge is 2.22. The first-order chi connectivity index (χ1) is 13.5. The van der Waals surface area contributed by atoms with Crippen molar-refractivity contribution >= 4 is 11.6 Å². The molecule has 1 aliphatic rings. The van der Waals surface area contributed by atoms with Gasteiger partial charge in [0.25, 0.3) is 0 Å². The van der Waals surface area contributed by atoms with Crippen LogP contribution in [0.15, 0.2) is 48.5 Å². The van der Waals surface area contributed by atoms with E-state index in [0.29, 0.717) is 40.2 Å². The van der Waals surface area contributed by atoms with Crippen LogP contribution < -0.4 is 4.74 Å². The van der Waals surface area contributed by atoms with Gasteiger partial charge in [-0.15, -0.1) is 0 Å². The monoisotopic (exact) mass is 384 g/mol. The zero-order valence-corrected chi connectivity index (χ0v) is 15.0. The highest BCUT2D eigenvalue weighted by Crippen LogP contribution is 2.36. The fourth-order valence-corrected chi connectivity index (χ4v) is 3.45. The zero-order chi connectivity index (χ0) is 19.8. The zero-order valence-electron chi connectivity index (χ0n) is 15.0. The van der Waals surface area contributed by atoms with Crippen LogP contribution in [0.1, 0.15) is 23.6 Å². The summed E-state index contributed by atoms with van der Waals surface area (Å²) < 4.78 is 61.8. The van der Waals surface area contributed by atoms with E-state index in [-0.39, 0.29) is 12.0 Å². The molecule has 0 bridgehead atoms. The predicted molar refractivity (Wildman–Crippen MR) is 101 cm³/mol. The van der Waals surface area contributed by atoms with Crippen molar-refractivity contribution in [3.63, 3.8) is 0 Å². The first-order valence-corrected chi connectivity index (χ1v) is 8.87. The second-order valence-electron chi connectivity index (χ2n) is 6.58. The van der Waals surface area contributed by atoms with Crippen LogP contribution in [0.25, 0.3) is 22.8 Å². The highest BCUT2D eigenvalue weighted by atomic mass is 19.2. The summed E-state index contributed by atoms with van der Waals surface area (Å²) in [5.41, 5.74) is 2.17. The lowest BCUT2D eigenvalue weighted by Crippen LogP contribution is -1.97. The molecule has 3 aromatic rings. The maximum Gasteiger partial charge on any atom is 0.159 e. The van der Waals surface area contributed by atoms with Gasteiger partial charge in [0.2, 0.25) is 0 Å². The van der Waals surface area contributed by atoms with Crippen LogP contribution in [-0.4, -0.2) is 6.61 Å². The number of hydrogen-bond acceptors (Lipinski definition) is 1. The quantitative estimate of drug-likeness (QED) is 0.473. The van der Waals surface area contributed by atoms with Crippen molar-refractivity contribution in [3.05, 3.63) is 88.5 Å². The van der Waals surface area contributed by atoms with Gasteiger partial charge in [0.1, 0.15) is 17.4 Å². The lowest BCUT2D eigenvalue weighted by atomic mass is 9.97. The summed E-state index contributed by atoms with van der Waals surface area (Å²) in [5.74, 6) is -2.71. The lowest BCUT2D eigenvalue weighted by molar-refractivity contribution is 0.340. The van der Waals surface area contributed by atoms with Gasteiger partial charge in [-0.25, -0.2) is 17.6 Å². The fraction of sp³-hybridized carbons (Fsp3) is 0.130. The molecule has 3 aromatic carbocycles. The summed E-state index contributed by atoms with van der Waals surface area (Å²) in [6.07, 6.45) is 1.64. The molecule has 0 atom stereocenters. The van der Waals surface area contributed by atoms with Crippen molar-refractivity contribution < 1.29 is 22.3 Å². The third-order valence-electron chi connectivity index (χ3n) is 4.75. The van der Waals surface area contributed by atoms with Crippen molar-refractivity contribution in [2.24, 2.45) is 0 Å². The fourth-order valence-electron chi connectivity index (χ4n) is 3.45. The first kappa shape index (κ1) is 18.3. The molecule has 0 aliphatic heterocycles. The molecule has 28 heavy (non-hydrogen) atoms. The van der Waals surface area contributed by atoms with Crippen LogP contribution in [0.4, 0.5) is 17.6 Å². The Kier molecular flexibility index (Phi) is 4.67. The third kappa shape index (κ3) is 3.28. The average Bonchev–Trinajstić information content (AvgIpc) is 3.04. The molecule has 0 aromatic heterocycles. The van der Waals surface area contributed by atoms with Crippen LogP contribution in [-0.2, 0) is 6.42 Å². The summed E-state index contributed by atoms with van der Waals surface area (Å²) in [7, 11) is 0. The molecule has 1 aliphatic carbocycles. The van der Waals surface area contributed by atoms with Crippen molar-refractivity contribution in [2.45, 2.75) is 13.3 Å². The molecular weight excluding hydrogens is 368 g/mol. The molecular formula is C23H16F4O. The van der Waals surface area contributed by atoms with Crippen LogP contribution in [0.5, 0.6) is 5.75 Å². The second-order valence-corrected chi connectivity index (χ2v) is 6.58. The van der Waals surface area contributed by atoms with Crippen LogP contribution in [0.3, 0.4) is 0 Å². The molecule has 0 saturated carbocycles. The highest BCUT2D eigenvalue weighted by molar-refractivity contribution is 5.89. The summed E-state index contributed by atoms with van der Waals surface area (Å²) in [6.45, 7) is 2.40. The van der Waals surface area contributed by atoms with Crippen molar-refractivity contribution in [3.8, 4) is 16.9 Å². The average molecular weight is 384 g/mol. The molecule has 0 heterocycles. The van der Waals surface area contributed by atoms with Gasteiger partial charge in [-0.1, -0.05) is 18.2 Å². The number of rotatable bonds is 4. The molecule has 1 nitrogen and oxygen atoms in total. The van der Waals surface area contributed by atoms with E-state index < -0.39 is 23.3 Å². The Hall–Kier alpha value is -3.08. The van der Waals surface area contributed by atoms with Gasteiger partial charge >= 0.3 is 0 Å². The molecule has 0 amide bonds. The van der Waals surface area contributed by atoms with Gasteiger partial charge < -0.3 is 4.74 Å². The van der Waals surface area contributed by atoms with Gasteiger partial charge in [0.05, 0.1) is 6.61 Å². The van der Waals surface area contributed by atoms with E-state index in [1.807, 2.05) is 6.92 Å². The van der Waals surface area contributed by atoms with Gasteiger partial charge in [0, 0.05) is 5.56 Å². The van der Waals surface area contributed by atoms with E-state index >= 15 is 0 Å². The Labute approximate surface area is 159 Å². The minimum atomic E-state index is -0.983. The van der Waals surface area contributed by atoms with E-state index in [1.165, 1.54) is 18.2 Å². The van der Waals surface area contributed by atoms with E-state index in [2.05, 4.69) is 0 Å². The number of allylic oxidation sites excluding steroid dienone is 1. The van der Waals surface area contributed by atoms with Crippen molar-refractivity contribution in [1.82, 2.24) is 0 Å². The minimum Gasteiger partial charge on any atom is -0.494 e. The number of benzene rings is 3. The van der Waals surface area contributed by atoms with E-state index in [0.717, 1.165) is 12.1 Å². The lowest BCUT2D eigenvalue weighted by Gasteiger charge is -2.10. The summed E-state index contributed by atoms with van der Waals surface area (Å²) in [5, 5.41) is 0. The smallest absolute Gasteiger partial charge is 0.159 e. The molecule has 0 fully saturated rings. The van der Waals surface area contributed by atoms with Crippen molar-refractivity contribution in [2.75, 3.05) is 6.61 Å². The molecule has 0 radical (unpaired) electrons. The summed E-state index contributed by atoms with van der Waals surface area (Å²) in [4.78, 5) is 0. The first-order valence-electron chi connectivity index (χ1n) is 8.87. The topological polar surface area (TPSA) is 9.23 Å². The van der Waals surface area contributed by atoms with Crippen LogP contribution in [0, 0.1) is 23.3 Å². The van der Waals surface area contributed by atoms with E-state index in [9.17, 15) is 17.6 Å². The van der Waals surface area contributed by atoms with E-state index in [1.54, 1.807) is 24.3 Å². The number of hydrogen-bond donors (Lipinski definition) is 0. The third-order valence-corrected chi connectivity index (χ3v) is 4.75. The van der Waals surface area contributed by atoms with Crippen LogP contribution in [0.2, 0.25) is 0 Å². The molecule has 0 unspecified atom stereocenters. The van der Waals surface area contributed by atoms with E-state index in [4.69, 9.17) is 4.74 Å². The maximum atomic E-state index is 14.8. The summed E-state index contributed by atoms with van der Waals surface area (Å²) in [6, 6.07) is 11.6. The standard InChI is InChI=1S/C23H16F4O/c1-2-28-18-5-3-13(4-6-18)16-11-21(26)23(22(27)12-16)17-7-14-9-19(24)20(25)10-15(14)8-17/h3-7,9-12H,2,8H2,1H3. The molecule has 0 saturated heterocycles. The second kappa shape index (κ2) is 7.15. The normalized spacial score (nSPS) is 12.7. The maximum absolute atomic E-state index is 14.8. The minimum absolute atomic E-state index is 0.142. The Morgan fingerprint density at radius 1 is 0.786 bits per heavy atom. The Bertz CT molecular complexity index is 1060. The van der Waals surface area contributed by atoms with Crippen LogP contribution >= 0.6 is 0 Å². The number of fused-ring (bicyclic) bond motifs is 1. The molecule has 5 heteroatoms. The Balaban J connectivity index is 1.68. The van der Waals surface area contributed by atoms with Crippen molar-refractivity contribution in [1.29, 1.82) is 0 Å². The molecule has 4 rings (SSSR count).